The van der Waals surface area contributed by atoms with E-state index < -0.39 is 5.60 Å². The van der Waals surface area contributed by atoms with Crippen molar-refractivity contribution in [1.82, 2.24) is 0 Å². The molecule has 1 atom stereocenters. The third-order valence-electron chi connectivity index (χ3n) is 2.05. The Labute approximate surface area is 101 Å². The average molecular weight is 241 g/mol. The minimum absolute atomic E-state index is 0.235. The largest absolute Gasteiger partial charge is 0.460 e. The maximum absolute atomic E-state index is 11.6. The Balaban J connectivity index is 2.56. The van der Waals surface area contributed by atoms with E-state index in [0.717, 1.165) is 10.4 Å². The lowest BCUT2D eigenvalue weighted by molar-refractivity contribution is -0.155. The van der Waals surface area contributed by atoms with Gasteiger partial charge in [0.1, 0.15) is 5.60 Å². The Bertz CT molecular complexity index is 365. The Morgan fingerprint density at radius 2 is 2.19 bits per heavy atom. The predicted molar refractivity (Wildman–Crippen MR) is 66.4 cm³/mol. The van der Waals surface area contributed by atoms with Gasteiger partial charge < -0.3 is 10.5 Å². The highest BCUT2D eigenvalue weighted by atomic mass is 32.1. The summed E-state index contributed by atoms with van der Waals surface area (Å²) < 4.78 is 5.23. The first kappa shape index (κ1) is 13.2. The first-order chi connectivity index (χ1) is 7.29. The van der Waals surface area contributed by atoms with Gasteiger partial charge in [-0.3, -0.25) is 4.79 Å². The van der Waals surface area contributed by atoms with Gasteiger partial charge in [0, 0.05) is 10.9 Å². The van der Waals surface area contributed by atoms with E-state index in [-0.39, 0.29) is 18.4 Å². The van der Waals surface area contributed by atoms with Gasteiger partial charge in [-0.1, -0.05) is 0 Å². The first-order valence-corrected chi connectivity index (χ1v) is 6.19. The van der Waals surface area contributed by atoms with E-state index in [0.29, 0.717) is 0 Å². The molecule has 1 aromatic heterocycles. The minimum Gasteiger partial charge on any atom is -0.460 e. The van der Waals surface area contributed by atoms with Crippen LogP contribution in [0.2, 0.25) is 0 Å². The van der Waals surface area contributed by atoms with E-state index >= 15 is 0 Å². The maximum Gasteiger partial charge on any atom is 0.308 e. The number of rotatable bonds is 3. The van der Waals surface area contributed by atoms with Crippen molar-refractivity contribution >= 4 is 17.3 Å². The van der Waals surface area contributed by atoms with Crippen LogP contribution in [0.3, 0.4) is 0 Å². The van der Waals surface area contributed by atoms with Crippen LogP contribution >= 0.6 is 11.3 Å². The molecule has 0 bridgehead atoms. The van der Waals surface area contributed by atoms with Crippen molar-refractivity contribution in [1.29, 1.82) is 0 Å². The highest BCUT2D eigenvalue weighted by molar-refractivity contribution is 7.10. The Hall–Kier alpha value is -0.870. The molecule has 0 aromatic carbocycles. The number of ether oxygens (including phenoxy) is 1. The second kappa shape index (κ2) is 4.97. The van der Waals surface area contributed by atoms with E-state index in [4.69, 9.17) is 10.5 Å². The fourth-order valence-electron chi connectivity index (χ4n) is 1.42. The van der Waals surface area contributed by atoms with Crippen molar-refractivity contribution in [3.63, 3.8) is 0 Å². The zero-order chi connectivity index (χ0) is 12.3. The van der Waals surface area contributed by atoms with Gasteiger partial charge >= 0.3 is 5.97 Å². The SMILES string of the molecule is Cc1ccsc1C(N)CC(=O)OC(C)(C)C. The summed E-state index contributed by atoms with van der Waals surface area (Å²) in [5.41, 5.74) is 6.67. The smallest absolute Gasteiger partial charge is 0.308 e. The van der Waals surface area contributed by atoms with Crippen molar-refractivity contribution in [3.8, 4) is 0 Å². The molecular formula is C12H19NO2S. The number of carbonyl (C=O) groups is 1. The molecule has 1 unspecified atom stereocenters. The molecule has 16 heavy (non-hydrogen) atoms. The van der Waals surface area contributed by atoms with Gasteiger partial charge in [0.15, 0.2) is 0 Å². The summed E-state index contributed by atoms with van der Waals surface area (Å²) in [6.45, 7) is 7.56. The van der Waals surface area contributed by atoms with Crippen LogP contribution in [-0.2, 0) is 9.53 Å². The van der Waals surface area contributed by atoms with Gasteiger partial charge in [0.25, 0.3) is 0 Å². The minimum atomic E-state index is -0.443. The zero-order valence-electron chi connectivity index (χ0n) is 10.2. The third kappa shape index (κ3) is 3.94. The number of hydrogen-bond donors (Lipinski definition) is 1. The van der Waals surface area contributed by atoms with Crippen molar-refractivity contribution in [2.75, 3.05) is 0 Å². The normalized spacial score (nSPS) is 13.6. The van der Waals surface area contributed by atoms with Crippen molar-refractivity contribution < 1.29 is 9.53 Å². The molecule has 0 saturated heterocycles. The number of esters is 1. The van der Waals surface area contributed by atoms with Crippen molar-refractivity contribution in [2.45, 2.75) is 45.8 Å². The van der Waals surface area contributed by atoms with Crippen molar-refractivity contribution in [3.05, 3.63) is 21.9 Å². The standard InChI is InChI=1S/C12H19NO2S/c1-8-5-6-16-11(8)9(13)7-10(14)15-12(2,3)4/h5-6,9H,7,13H2,1-4H3. The average Bonchev–Trinajstić information content (AvgIpc) is 2.47. The molecular weight excluding hydrogens is 222 g/mol. The molecule has 0 aliphatic heterocycles. The molecule has 0 fully saturated rings. The van der Waals surface area contributed by atoms with Crippen LogP contribution in [0.15, 0.2) is 11.4 Å². The predicted octanol–water partition coefficient (Wildman–Crippen LogP) is 2.79. The summed E-state index contributed by atoms with van der Waals surface area (Å²) in [7, 11) is 0. The molecule has 2 N–H and O–H groups in total. The highest BCUT2D eigenvalue weighted by Crippen LogP contribution is 2.25. The summed E-state index contributed by atoms with van der Waals surface area (Å²) in [5, 5.41) is 1.99. The lowest BCUT2D eigenvalue weighted by Gasteiger charge is -2.20. The molecule has 1 aromatic rings. The van der Waals surface area contributed by atoms with E-state index in [2.05, 4.69) is 0 Å². The van der Waals surface area contributed by atoms with Crippen molar-refractivity contribution in [2.24, 2.45) is 5.73 Å². The Kier molecular flexibility index (Phi) is 4.10. The molecule has 0 aliphatic rings. The molecule has 1 rings (SSSR count). The van der Waals surface area contributed by atoms with Crippen LogP contribution in [0, 0.1) is 6.92 Å². The molecule has 90 valence electrons. The van der Waals surface area contributed by atoms with Crippen LogP contribution in [0.1, 0.15) is 43.7 Å². The van der Waals surface area contributed by atoms with Gasteiger partial charge in [-0.2, -0.15) is 0 Å². The monoisotopic (exact) mass is 241 g/mol. The van der Waals surface area contributed by atoms with Crippen LogP contribution in [0.5, 0.6) is 0 Å². The van der Waals surface area contributed by atoms with Gasteiger partial charge in [-0.15, -0.1) is 11.3 Å². The van der Waals surface area contributed by atoms with Crippen LogP contribution < -0.4 is 5.73 Å². The molecule has 0 saturated carbocycles. The molecule has 0 radical (unpaired) electrons. The summed E-state index contributed by atoms with van der Waals surface area (Å²) in [5.74, 6) is -0.243. The van der Waals surface area contributed by atoms with E-state index in [9.17, 15) is 4.79 Å². The number of thiophene rings is 1. The van der Waals surface area contributed by atoms with Crippen LogP contribution in [-0.4, -0.2) is 11.6 Å². The van der Waals surface area contributed by atoms with E-state index in [1.807, 2.05) is 39.1 Å². The second-order valence-corrected chi connectivity index (χ2v) is 5.81. The van der Waals surface area contributed by atoms with Crippen LogP contribution in [0.25, 0.3) is 0 Å². The molecule has 4 heteroatoms. The van der Waals surface area contributed by atoms with Gasteiger partial charge in [-0.25, -0.2) is 0 Å². The van der Waals surface area contributed by atoms with Gasteiger partial charge in [-0.05, 0) is 44.7 Å². The summed E-state index contributed by atoms with van der Waals surface area (Å²) >= 11 is 1.58. The quantitative estimate of drug-likeness (QED) is 0.828. The second-order valence-electron chi connectivity index (χ2n) is 4.86. The fraction of sp³-hybridized carbons (Fsp3) is 0.583. The Morgan fingerprint density at radius 3 is 2.62 bits per heavy atom. The van der Waals surface area contributed by atoms with E-state index in [1.165, 1.54) is 0 Å². The summed E-state index contributed by atoms with van der Waals surface area (Å²) in [6, 6.07) is 1.75. The summed E-state index contributed by atoms with van der Waals surface area (Å²) in [6.07, 6.45) is 0.235. The number of aryl methyl sites for hydroxylation is 1. The zero-order valence-corrected chi connectivity index (χ0v) is 11.1. The molecule has 0 aliphatic carbocycles. The van der Waals surface area contributed by atoms with E-state index in [1.54, 1.807) is 11.3 Å². The highest BCUT2D eigenvalue weighted by Gasteiger charge is 2.20. The van der Waals surface area contributed by atoms with Gasteiger partial charge in [0.05, 0.1) is 6.42 Å². The Morgan fingerprint density at radius 1 is 1.56 bits per heavy atom. The number of hydrogen-bond acceptors (Lipinski definition) is 4. The third-order valence-corrected chi connectivity index (χ3v) is 3.20. The number of nitrogens with two attached hydrogens (primary N) is 1. The fourth-order valence-corrected chi connectivity index (χ4v) is 2.35. The van der Waals surface area contributed by atoms with Gasteiger partial charge in [0.2, 0.25) is 0 Å². The number of carbonyl (C=O) groups excluding carboxylic acids is 1. The molecule has 0 spiro atoms. The molecule has 1 heterocycles. The lowest BCUT2D eigenvalue weighted by atomic mass is 10.1. The topological polar surface area (TPSA) is 52.3 Å². The summed E-state index contributed by atoms with van der Waals surface area (Å²) in [4.78, 5) is 12.6. The maximum atomic E-state index is 11.6. The molecule has 3 nitrogen and oxygen atoms in total. The first-order valence-electron chi connectivity index (χ1n) is 5.31. The molecule has 0 amide bonds. The van der Waals surface area contributed by atoms with Crippen LogP contribution in [0.4, 0.5) is 0 Å². The lowest BCUT2D eigenvalue weighted by Crippen LogP contribution is -2.26.